The predicted molar refractivity (Wildman–Crippen MR) is 94.6 cm³/mol. The molecule has 0 bridgehead atoms. The van der Waals surface area contributed by atoms with E-state index in [0.29, 0.717) is 12.0 Å². The molecule has 1 aliphatic carbocycles. The van der Waals surface area contributed by atoms with Crippen LogP contribution in [-0.4, -0.2) is 19.6 Å². The molecule has 0 aliphatic heterocycles. The number of ether oxygens (including phenoxy) is 1. The van der Waals surface area contributed by atoms with E-state index >= 15 is 0 Å². The molecule has 0 unspecified atom stereocenters. The third-order valence-corrected chi connectivity index (χ3v) is 5.21. The van der Waals surface area contributed by atoms with Crippen LogP contribution in [0.1, 0.15) is 52.0 Å². The van der Waals surface area contributed by atoms with Crippen molar-refractivity contribution in [2.24, 2.45) is 17.3 Å². The van der Waals surface area contributed by atoms with E-state index in [9.17, 15) is 4.79 Å². The molecule has 0 spiro atoms. The molecule has 23 heavy (non-hydrogen) atoms. The number of nitrogens with one attached hydrogen (secondary N) is 1. The zero-order valence-electron chi connectivity index (χ0n) is 15.0. The fraction of sp³-hybridized carbons (Fsp3) is 0.650. The molecule has 0 radical (unpaired) electrons. The Bertz CT molecular complexity index is 511. The van der Waals surface area contributed by atoms with Gasteiger partial charge in [-0.15, -0.1) is 0 Å². The smallest absolute Gasteiger partial charge is 0.223 e. The van der Waals surface area contributed by atoms with Crippen molar-refractivity contribution in [2.75, 3.05) is 13.7 Å². The van der Waals surface area contributed by atoms with Crippen LogP contribution in [0.15, 0.2) is 24.3 Å². The molecule has 1 aliphatic rings. The van der Waals surface area contributed by atoms with E-state index in [4.69, 9.17) is 4.74 Å². The normalized spacial score (nSPS) is 21.7. The molecule has 0 atom stereocenters. The quantitative estimate of drug-likeness (QED) is 0.883. The van der Waals surface area contributed by atoms with Crippen molar-refractivity contribution in [3.05, 3.63) is 29.8 Å². The van der Waals surface area contributed by atoms with Gasteiger partial charge in [0.15, 0.2) is 0 Å². The molecule has 3 heteroatoms. The molecule has 0 heterocycles. The fourth-order valence-electron chi connectivity index (χ4n) is 3.60. The Morgan fingerprint density at radius 3 is 2.43 bits per heavy atom. The molecule has 0 aromatic heterocycles. The van der Waals surface area contributed by atoms with Crippen LogP contribution in [0.2, 0.25) is 0 Å². The van der Waals surface area contributed by atoms with Crippen LogP contribution in [0, 0.1) is 17.3 Å². The Balaban J connectivity index is 1.76. The maximum atomic E-state index is 12.4. The van der Waals surface area contributed by atoms with Gasteiger partial charge in [0.2, 0.25) is 5.91 Å². The minimum absolute atomic E-state index is 0.200. The lowest BCUT2D eigenvalue weighted by Crippen LogP contribution is -2.36. The van der Waals surface area contributed by atoms with Gasteiger partial charge in [0.1, 0.15) is 5.75 Å². The fourth-order valence-corrected chi connectivity index (χ4v) is 3.60. The molecular weight excluding hydrogens is 286 g/mol. The average molecular weight is 317 g/mol. The first-order valence-electron chi connectivity index (χ1n) is 8.81. The van der Waals surface area contributed by atoms with Crippen LogP contribution in [0.4, 0.5) is 0 Å². The van der Waals surface area contributed by atoms with Crippen molar-refractivity contribution >= 4 is 5.91 Å². The summed E-state index contributed by atoms with van der Waals surface area (Å²) in [5.41, 5.74) is 1.51. The summed E-state index contributed by atoms with van der Waals surface area (Å²) < 4.78 is 5.35. The van der Waals surface area contributed by atoms with Gasteiger partial charge in [-0.05, 0) is 55.1 Å². The Hall–Kier alpha value is -1.51. The SMILES string of the molecule is COc1ccccc1CCNC(=O)C1CCC(C(C)(C)C)CC1. The highest BCUT2D eigenvalue weighted by Crippen LogP contribution is 2.39. The van der Waals surface area contributed by atoms with Crippen LogP contribution in [0.5, 0.6) is 5.75 Å². The van der Waals surface area contributed by atoms with Gasteiger partial charge < -0.3 is 10.1 Å². The lowest BCUT2D eigenvalue weighted by Gasteiger charge is -2.36. The van der Waals surface area contributed by atoms with E-state index in [1.807, 2.05) is 18.2 Å². The number of carbonyl (C=O) groups excluding carboxylic acids is 1. The zero-order chi connectivity index (χ0) is 16.9. The van der Waals surface area contributed by atoms with Crippen molar-refractivity contribution in [1.29, 1.82) is 0 Å². The Labute approximate surface area is 140 Å². The number of hydrogen-bond donors (Lipinski definition) is 1. The van der Waals surface area contributed by atoms with Gasteiger partial charge in [0.25, 0.3) is 0 Å². The second-order valence-corrected chi connectivity index (χ2v) is 7.77. The Kier molecular flexibility index (Phi) is 6.09. The van der Waals surface area contributed by atoms with Gasteiger partial charge in [0.05, 0.1) is 7.11 Å². The summed E-state index contributed by atoms with van der Waals surface area (Å²) in [7, 11) is 1.69. The van der Waals surface area contributed by atoms with E-state index in [0.717, 1.165) is 36.5 Å². The van der Waals surface area contributed by atoms with Gasteiger partial charge in [-0.25, -0.2) is 0 Å². The summed E-state index contributed by atoms with van der Waals surface area (Å²) in [6, 6.07) is 7.99. The van der Waals surface area contributed by atoms with Crippen molar-refractivity contribution in [1.82, 2.24) is 5.32 Å². The first kappa shape index (κ1) is 17.8. The highest BCUT2D eigenvalue weighted by atomic mass is 16.5. The van der Waals surface area contributed by atoms with E-state index in [2.05, 4.69) is 32.2 Å². The monoisotopic (exact) mass is 317 g/mol. The van der Waals surface area contributed by atoms with Gasteiger partial charge in [-0.1, -0.05) is 39.0 Å². The molecule has 1 saturated carbocycles. The second kappa shape index (κ2) is 7.85. The average Bonchev–Trinajstić information content (AvgIpc) is 2.54. The molecule has 0 saturated heterocycles. The van der Waals surface area contributed by atoms with Crippen LogP contribution in [0.3, 0.4) is 0 Å². The summed E-state index contributed by atoms with van der Waals surface area (Å²) >= 11 is 0. The van der Waals surface area contributed by atoms with E-state index in [-0.39, 0.29) is 11.8 Å². The third-order valence-electron chi connectivity index (χ3n) is 5.21. The van der Waals surface area contributed by atoms with E-state index < -0.39 is 0 Å². The lowest BCUT2D eigenvalue weighted by atomic mass is 9.69. The third kappa shape index (κ3) is 4.98. The highest BCUT2D eigenvalue weighted by molar-refractivity contribution is 5.78. The number of methoxy groups -OCH3 is 1. The summed E-state index contributed by atoms with van der Waals surface area (Å²) in [4.78, 5) is 12.4. The summed E-state index contributed by atoms with van der Waals surface area (Å²) in [5.74, 6) is 2.08. The summed E-state index contributed by atoms with van der Waals surface area (Å²) in [5, 5.41) is 3.11. The summed E-state index contributed by atoms with van der Waals surface area (Å²) in [6.45, 7) is 7.61. The summed E-state index contributed by atoms with van der Waals surface area (Å²) in [6.07, 6.45) is 5.22. The minimum atomic E-state index is 0.200. The standard InChI is InChI=1S/C20H31NO2/c1-20(2,3)17-11-9-16(10-12-17)19(22)21-14-13-15-7-5-6-8-18(15)23-4/h5-8,16-17H,9-14H2,1-4H3,(H,21,22). The number of benzene rings is 1. The Morgan fingerprint density at radius 2 is 1.83 bits per heavy atom. The topological polar surface area (TPSA) is 38.3 Å². The molecule has 1 N–H and O–H groups in total. The minimum Gasteiger partial charge on any atom is -0.496 e. The predicted octanol–water partition coefficient (Wildman–Crippen LogP) is 4.21. The molecular formula is C20H31NO2. The maximum absolute atomic E-state index is 12.4. The molecule has 1 amide bonds. The van der Waals surface area contributed by atoms with Crippen LogP contribution in [-0.2, 0) is 11.2 Å². The largest absolute Gasteiger partial charge is 0.496 e. The zero-order valence-corrected chi connectivity index (χ0v) is 15.0. The van der Waals surface area contributed by atoms with Gasteiger partial charge in [-0.2, -0.15) is 0 Å². The Morgan fingerprint density at radius 1 is 1.17 bits per heavy atom. The first-order chi connectivity index (χ1) is 10.9. The van der Waals surface area contributed by atoms with Crippen molar-refractivity contribution in [2.45, 2.75) is 52.9 Å². The van der Waals surface area contributed by atoms with Gasteiger partial charge in [0, 0.05) is 12.5 Å². The lowest BCUT2D eigenvalue weighted by molar-refractivity contribution is -0.126. The number of hydrogen-bond acceptors (Lipinski definition) is 2. The van der Waals surface area contributed by atoms with Crippen molar-refractivity contribution in [3.63, 3.8) is 0 Å². The first-order valence-corrected chi connectivity index (χ1v) is 8.81. The van der Waals surface area contributed by atoms with Crippen LogP contribution in [0.25, 0.3) is 0 Å². The maximum Gasteiger partial charge on any atom is 0.223 e. The molecule has 3 nitrogen and oxygen atoms in total. The number of amides is 1. The number of carbonyl (C=O) groups is 1. The number of rotatable bonds is 5. The van der Waals surface area contributed by atoms with Gasteiger partial charge >= 0.3 is 0 Å². The van der Waals surface area contributed by atoms with Crippen molar-refractivity contribution < 1.29 is 9.53 Å². The van der Waals surface area contributed by atoms with E-state index in [1.54, 1.807) is 7.11 Å². The van der Waals surface area contributed by atoms with Crippen LogP contribution < -0.4 is 10.1 Å². The van der Waals surface area contributed by atoms with E-state index in [1.165, 1.54) is 12.8 Å². The second-order valence-electron chi connectivity index (χ2n) is 7.77. The highest BCUT2D eigenvalue weighted by Gasteiger charge is 2.32. The molecule has 1 aromatic carbocycles. The van der Waals surface area contributed by atoms with Crippen molar-refractivity contribution in [3.8, 4) is 5.75 Å². The van der Waals surface area contributed by atoms with Gasteiger partial charge in [-0.3, -0.25) is 4.79 Å². The molecule has 128 valence electrons. The number of para-hydroxylation sites is 1. The molecule has 1 aromatic rings. The van der Waals surface area contributed by atoms with Crippen LogP contribution >= 0.6 is 0 Å². The molecule has 1 fully saturated rings. The molecule has 2 rings (SSSR count).